The third-order valence-corrected chi connectivity index (χ3v) is 4.89. The van der Waals surface area contributed by atoms with Crippen LogP contribution < -0.4 is 5.32 Å². The number of piperidine rings is 1. The number of nitrogens with one attached hydrogen (secondary N) is 1. The van der Waals surface area contributed by atoms with Crippen molar-refractivity contribution < 1.29 is 18.0 Å². The van der Waals surface area contributed by atoms with Crippen LogP contribution in [0, 0.1) is 0 Å². The van der Waals surface area contributed by atoms with E-state index >= 15 is 0 Å². The molecule has 1 heterocycles. The Balaban J connectivity index is 1.64. The third-order valence-electron chi connectivity index (χ3n) is 4.64. The van der Waals surface area contributed by atoms with Crippen molar-refractivity contribution in [2.45, 2.75) is 31.6 Å². The number of hydrogen-bond donors (Lipinski definition) is 1. The predicted octanol–water partition coefficient (Wildman–Crippen LogP) is 4.75. The number of alkyl halides is 3. The van der Waals surface area contributed by atoms with E-state index in [2.05, 4.69) is 10.2 Å². The summed E-state index contributed by atoms with van der Waals surface area (Å²) in [7, 11) is 0. The summed E-state index contributed by atoms with van der Waals surface area (Å²) < 4.78 is 39.4. The number of likely N-dealkylation sites (tertiary alicyclic amines) is 1. The fourth-order valence-corrected chi connectivity index (χ4v) is 3.48. The smallest absolute Gasteiger partial charge is 0.348 e. The average Bonchev–Trinajstić information content (AvgIpc) is 2.63. The number of carbonyl (C=O) groups excluding carboxylic acids is 1. The van der Waals surface area contributed by atoms with Crippen LogP contribution in [0.25, 0.3) is 0 Å². The summed E-state index contributed by atoms with van der Waals surface area (Å²) in [4.78, 5) is 14.6. The fourth-order valence-electron chi connectivity index (χ4n) is 3.36. The number of halogens is 4. The van der Waals surface area contributed by atoms with E-state index in [9.17, 15) is 18.0 Å². The van der Waals surface area contributed by atoms with Gasteiger partial charge in [0.15, 0.2) is 0 Å². The normalized spacial score (nSPS) is 18.3. The maximum absolute atomic E-state index is 13.1. The highest BCUT2D eigenvalue weighted by Gasteiger charge is 2.35. The van der Waals surface area contributed by atoms with Crippen LogP contribution in [0.5, 0.6) is 0 Å². The molecule has 7 heteroatoms. The largest absolute Gasteiger partial charge is 0.417 e. The van der Waals surface area contributed by atoms with Crippen LogP contribution in [0.1, 0.15) is 34.3 Å². The van der Waals surface area contributed by atoms with Crippen LogP contribution >= 0.6 is 11.6 Å². The Morgan fingerprint density at radius 1 is 1.15 bits per heavy atom. The van der Waals surface area contributed by atoms with Gasteiger partial charge in [0.05, 0.1) is 11.1 Å². The Labute approximate surface area is 161 Å². The molecule has 1 aliphatic heterocycles. The number of benzene rings is 2. The second kappa shape index (κ2) is 8.31. The van der Waals surface area contributed by atoms with Gasteiger partial charge in [0.2, 0.25) is 0 Å². The molecule has 3 rings (SSSR count). The van der Waals surface area contributed by atoms with Crippen molar-refractivity contribution in [3.05, 3.63) is 70.2 Å². The molecule has 144 valence electrons. The van der Waals surface area contributed by atoms with Gasteiger partial charge < -0.3 is 5.32 Å². The van der Waals surface area contributed by atoms with E-state index in [4.69, 9.17) is 11.6 Å². The second-order valence-corrected chi connectivity index (χ2v) is 7.15. The molecule has 0 saturated carbocycles. The van der Waals surface area contributed by atoms with Gasteiger partial charge >= 0.3 is 6.18 Å². The molecule has 1 aliphatic rings. The molecule has 1 atom stereocenters. The van der Waals surface area contributed by atoms with Gasteiger partial charge in [-0.15, -0.1) is 0 Å². The van der Waals surface area contributed by atoms with Crippen LogP contribution in [0.3, 0.4) is 0 Å². The first-order valence-corrected chi connectivity index (χ1v) is 9.14. The zero-order valence-corrected chi connectivity index (χ0v) is 15.4. The molecule has 1 saturated heterocycles. The number of amides is 1. The van der Waals surface area contributed by atoms with Gasteiger partial charge in [0, 0.05) is 24.2 Å². The highest BCUT2D eigenvalue weighted by Crippen LogP contribution is 2.32. The Morgan fingerprint density at radius 3 is 2.56 bits per heavy atom. The molecule has 0 aliphatic carbocycles. The molecule has 27 heavy (non-hydrogen) atoms. The lowest BCUT2D eigenvalue weighted by Crippen LogP contribution is -2.47. The minimum Gasteiger partial charge on any atom is -0.348 e. The number of rotatable bonds is 4. The van der Waals surface area contributed by atoms with E-state index in [1.54, 1.807) is 0 Å². The molecule has 3 nitrogen and oxygen atoms in total. The summed E-state index contributed by atoms with van der Waals surface area (Å²) in [6.45, 7) is 2.19. The molecule has 2 aromatic rings. The summed E-state index contributed by atoms with van der Waals surface area (Å²) >= 11 is 5.90. The molecule has 0 bridgehead atoms. The zero-order valence-electron chi connectivity index (χ0n) is 14.6. The van der Waals surface area contributed by atoms with Gasteiger partial charge in [-0.25, -0.2) is 0 Å². The number of hydrogen-bond acceptors (Lipinski definition) is 2. The minimum atomic E-state index is -4.55. The third kappa shape index (κ3) is 5.23. The maximum Gasteiger partial charge on any atom is 0.417 e. The lowest BCUT2D eigenvalue weighted by molar-refractivity contribution is -0.137. The molecule has 1 fully saturated rings. The van der Waals surface area contributed by atoms with Crippen molar-refractivity contribution in [2.75, 3.05) is 13.1 Å². The van der Waals surface area contributed by atoms with Gasteiger partial charge in [-0.05, 0) is 49.2 Å². The number of carbonyl (C=O) groups is 1. The summed E-state index contributed by atoms with van der Waals surface area (Å²) in [5.74, 6) is -0.679. The highest BCUT2D eigenvalue weighted by molar-refractivity contribution is 6.30. The quantitative estimate of drug-likeness (QED) is 0.808. The van der Waals surface area contributed by atoms with Gasteiger partial charge in [-0.3, -0.25) is 9.69 Å². The van der Waals surface area contributed by atoms with Crippen molar-refractivity contribution in [1.82, 2.24) is 10.2 Å². The van der Waals surface area contributed by atoms with Crippen LogP contribution in [0.2, 0.25) is 5.02 Å². The molecular formula is C20H20ClF3N2O. The van der Waals surface area contributed by atoms with Crippen molar-refractivity contribution >= 4 is 17.5 Å². The maximum atomic E-state index is 13.1. The SMILES string of the molecule is O=C(N[C@@H]1CCCN(Cc2ccc(Cl)cc2)C1)c1ccccc1C(F)(F)F. The highest BCUT2D eigenvalue weighted by atomic mass is 35.5. The van der Waals surface area contributed by atoms with E-state index in [0.717, 1.165) is 31.0 Å². The topological polar surface area (TPSA) is 32.3 Å². The van der Waals surface area contributed by atoms with Crippen LogP contribution in [0.15, 0.2) is 48.5 Å². The van der Waals surface area contributed by atoms with Crippen LogP contribution in [0.4, 0.5) is 13.2 Å². The first-order chi connectivity index (χ1) is 12.8. The predicted molar refractivity (Wildman–Crippen MR) is 98.7 cm³/mol. The van der Waals surface area contributed by atoms with E-state index in [1.165, 1.54) is 18.2 Å². The molecule has 2 aromatic carbocycles. The molecule has 0 radical (unpaired) electrons. The monoisotopic (exact) mass is 396 g/mol. The minimum absolute atomic E-state index is 0.181. The molecule has 0 aromatic heterocycles. The standard InChI is InChI=1S/C20H20ClF3N2O/c21-15-9-7-14(8-10-15)12-26-11-3-4-16(13-26)25-19(27)17-5-1-2-6-18(17)20(22,23)24/h1-2,5-10,16H,3-4,11-13H2,(H,25,27)/t16-/m1/s1. The first-order valence-electron chi connectivity index (χ1n) is 8.77. The van der Waals surface area contributed by atoms with Crippen LogP contribution in [-0.4, -0.2) is 29.9 Å². The Hall–Kier alpha value is -2.05. The fraction of sp³-hybridized carbons (Fsp3) is 0.350. The summed E-state index contributed by atoms with van der Waals surface area (Å²) in [5.41, 5.74) is -0.134. The molecule has 1 amide bonds. The number of nitrogens with zero attached hydrogens (tertiary/aromatic N) is 1. The summed E-state index contributed by atoms with van der Waals surface area (Å²) in [6.07, 6.45) is -2.93. The van der Waals surface area contributed by atoms with Gasteiger partial charge in [0.1, 0.15) is 0 Å². The lowest BCUT2D eigenvalue weighted by Gasteiger charge is -2.33. The summed E-state index contributed by atoms with van der Waals surface area (Å²) in [5, 5.41) is 3.44. The Kier molecular flexibility index (Phi) is 6.07. The van der Waals surface area contributed by atoms with E-state index in [-0.39, 0.29) is 11.6 Å². The Bertz CT molecular complexity index is 793. The van der Waals surface area contributed by atoms with Gasteiger partial charge in [-0.1, -0.05) is 35.9 Å². The molecule has 0 unspecified atom stereocenters. The second-order valence-electron chi connectivity index (χ2n) is 6.72. The van der Waals surface area contributed by atoms with Crippen molar-refractivity contribution in [3.8, 4) is 0 Å². The van der Waals surface area contributed by atoms with Crippen molar-refractivity contribution in [2.24, 2.45) is 0 Å². The van der Waals surface area contributed by atoms with E-state index in [0.29, 0.717) is 18.1 Å². The van der Waals surface area contributed by atoms with Crippen molar-refractivity contribution in [1.29, 1.82) is 0 Å². The van der Waals surface area contributed by atoms with Crippen LogP contribution in [-0.2, 0) is 12.7 Å². The molecule has 0 spiro atoms. The first kappa shape index (κ1) is 19.7. The van der Waals surface area contributed by atoms with Crippen molar-refractivity contribution in [3.63, 3.8) is 0 Å². The van der Waals surface area contributed by atoms with Gasteiger partial charge in [0.25, 0.3) is 5.91 Å². The summed E-state index contributed by atoms with van der Waals surface area (Å²) in [6, 6.07) is 12.2. The van der Waals surface area contributed by atoms with Gasteiger partial charge in [-0.2, -0.15) is 13.2 Å². The Morgan fingerprint density at radius 2 is 1.85 bits per heavy atom. The van der Waals surface area contributed by atoms with E-state index in [1.807, 2.05) is 24.3 Å². The average molecular weight is 397 g/mol. The van der Waals surface area contributed by atoms with E-state index < -0.39 is 17.6 Å². The molecular weight excluding hydrogens is 377 g/mol. The lowest BCUT2D eigenvalue weighted by atomic mass is 10.0. The molecule has 1 N–H and O–H groups in total. The zero-order chi connectivity index (χ0) is 19.4.